The van der Waals surface area contributed by atoms with E-state index >= 15 is 0 Å². The predicted octanol–water partition coefficient (Wildman–Crippen LogP) is 1.87. The fourth-order valence-corrected chi connectivity index (χ4v) is 1.71. The number of anilines is 2. The van der Waals surface area contributed by atoms with Crippen LogP contribution in [0.3, 0.4) is 0 Å². The number of nitrogens with zero attached hydrogens (tertiary/aromatic N) is 3. The number of rotatable bonds is 1. The summed E-state index contributed by atoms with van der Waals surface area (Å²) in [6.07, 6.45) is 4.67. The lowest BCUT2D eigenvalue weighted by Gasteiger charge is -2.27. The van der Waals surface area contributed by atoms with Crippen LogP contribution >= 0.6 is 11.6 Å². The van der Waals surface area contributed by atoms with E-state index in [9.17, 15) is 0 Å². The minimum absolute atomic E-state index is 0.325. The van der Waals surface area contributed by atoms with Gasteiger partial charge in [0, 0.05) is 13.1 Å². The highest BCUT2D eigenvalue weighted by atomic mass is 35.5. The molecule has 0 unspecified atom stereocenters. The Morgan fingerprint density at radius 2 is 2.27 bits per heavy atom. The van der Waals surface area contributed by atoms with Gasteiger partial charge in [0.1, 0.15) is 12.0 Å². The van der Waals surface area contributed by atoms with Crippen LogP contribution in [0, 0.1) is 0 Å². The molecule has 0 saturated carbocycles. The molecule has 4 nitrogen and oxygen atoms in total. The van der Waals surface area contributed by atoms with E-state index in [2.05, 4.69) is 27.9 Å². The first-order valence-corrected chi connectivity index (χ1v) is 5.23. The Bertz CT molecular complexity index is 402. The summed E-state index contributed by atoms with van der Waals surface area (Å²) < 4.78 is 0. The second-order valence-corrected chi connectivity index (χ2v) is 4.01. The van der Waals surface area contributed by atoms with E-state index in [1.54, 1.807) is 0 Å². The molecule has 1 aromatic heterocycles. The third-order valence-corrected chi connectivity index (χ3v) is 2.85. The van der Waals surface area contributed by atoms with E-state index in [4.69, 9.17) is 17.3 Å². The topological polar surface area (TPSA) is 55.0 Å². The smallest absolute Gasteiger partial charge is 0.157 e. The van der Waals surface area contributed by atoms with Crippen molar-refractivity contribution in [2.24, 2.45) is 0 Å². The maximum atomic E-state index is 5.84. The first kappa shape index (κ1) is 10.2. The average Bonchev–Trinajstić information content (AvgIpc) is 2.24. The van der Waals surface area contributed by atoms with E-state index < -0.39 is 0 Å². The molecule has 0 aromatic carbocycles. The highest BCUT2D eigenvalue weighted by Crippen LogP contribution is 2.27. The summed E-state index contributed by atoms with van der Waals surface area (Å²) in [7, 11) is 0. The van der Waals surface area contributed by atoms with Crippen LogP contribution in [0.4, 0.5) is 11.5 Å². The lowest BCUT2D eigenvalue weighted by atomic mass is 10.1. The molecule has 1 aliphatic rings. The van der Waals surface area contributed by atoms with Gasteiger partial charge < -0.3 is 10.6 Å². The molecule has 1 aromatic rings. The minimum atomic E-state index is 0.325. The van der Waals surface area contributed by atoms with Crippen molar-refractivity contribution in [3.8, 4) is 0 Å². The van der Waals surface area contributed by atoms with Gasteiger partial charge in [-0.1, -0.05) is 23.3 Å². The van der Waals surface area contributed by atoms with Gasteiger partial charge in [0.25, 0.3) is 0 Å². The van der Waals surface area contributed by atoms with E-state index in [0.717, 1.165) is 25.3 Å². The zero-order valence-electron chi connectivity index (χ0n) is 8.57. The number of nitrogens with two attached hydrogens (primary N) is 1. The first-order valence-electron chi connectivity index (χ1n) is 4.85. The number of aromatic nitrogens is 2. The Morgan fingerprint density at radius 1 is 1.47 bits per heavy atom. The lowest BCUT2D eigenvalue weighted by Crippen LogP contribution is -2.29. The van der Waals surface area contributed by atoms with Crippen molar-refractivity contribution in [1.82, 2.24) is 9.97 Å². The van der Waals surface area contributed by atoms with Gasteiger partial charge >= 0.3 is 0 Å². The Hall–Kier alpha value is -1.29. The quantitative estimate of drug-likeness (QED) is 0.585. The normalized spacial score (nSPS) is 16.4. The molecule has 2 rings (SSSR count). The lowest BCUT2D eigenvalue weighted by molar-refractivity contribution is 0.775. The first-order chi connectivity index (χ1) is 7.18. The van der Waals surface area contributed by atoms with Crippen molar-refractivity contribution in [3.63, 3.8) is 0 Å². The van der Waals surface area contributed by atoms with Gasteiger partial charge in [0.05, 0.1) is 0 Å². The van der Waals surface area contributed by atoms with Crippen molar-refractivity contribution in [2.75, 3.05) is 23.7 Å². The van der Waals surface area contributed by atoms with Crippen molar-refractivity contribution < 1.29 is 0 Å². The van der Waals surface area contributed by atoms with Crippen molar-refractivity contribution in [2.45, 2.75) is 13.3 Å². The molecule has 0 fully saturated rings. The fraction of sp³-hybridized carbons (Fsp3) is 0.400. The van der Waals surface area contributed by atoms with Gasteiger partial charge in [-0.3, -0.25) is 0 Å². The average molecular weight is 225 g/mol. The third-order valence-electron chi connectivity index (χ3n) is 2.55. The summed E-state index contributed by atoms with van der Waals surface area (Å²) in [6.45, 7) is 3.90. The van der Waals surface area contributed by atoms with Crippen LogP contribution in [0.1, 0.15) is 13.3 Å². The summed E-state index contributed by atoms with van der Waals surface area (Å²) in [5.74, 6) is 0.735. The van der Waals surface area contributed by atoms with Crippen LogP contribution in [0.15, 0.2) is 18.0 Å². The Labute approximate surface area is 93.8 Å². The van der Waals surface area contributed by atoms with Crippen molar-refractivity contribution in [1.29, 1.82) is 0 Å². The molecule has 0 atom stereocenters. The molecule has 0 spiro atoms. The molecule has 0 aliphatic carbocycles. The highest BCUT2D eigenvalue weighted by Gasteiger charge is 2.15. The minimum Gasteiger partial charge on any atom is -0.393 e. The standard InChI is InChI=1S/C10H13ClN4/c1-7-2-4-15(5-3-7)10-8(12)9(11)13-6-14-10/h2,6H,3-5,12H2,1H3. The molecular weight excluding hydrogens is 212 g/mol. The second-order valence-electron chi connectivity index (χ2n) is 3.65. The molecule has 0 amide bonds. The summed E-state index contributed by atoms with van der Waals surface area (Å²) in [5, 5.41) is 0.325. The zero-order chi connectivity index (χ0) is 10.8. The molecule has 0 saturated heterocycles. The van der Waals surface area contributed by atoms with Crippen LogP contribution in [-0.2, 0) is 0 Å². The second kappa shape index (κ2) is 4.06. The molecular formula is C10H13ClN4. The van der Waals surface area contributed by atoms with Gasteiger partial charge in [0.2, 0.25) is 0 Å². The molecule has 15 heavy (non-hydrogen) atoms. The molecule has 1 aliphatic heterocycles. The van der Waals surface area contributed by atoms with E-state index in [1.165, 1.54) is 11.9 Å². The van der Waals surface area contributed by atoms with Crippen LogP contribution < -0.4 is 10.6 Å². The Kier molecular flexibility index (Phi) is 2.77. The van der Waals surface area contributed by atoms with Crippen molar-refractivity contribution >= 4 is 23.1 Å². The van der Waals surface area contributed by atoms with Gasteiger partial charge in [-0.15, -0.1) is 0 Å². The Morgan fingerprint density at radius 3 is 2.93 bits per heavy atom. The van der Waals surface area contributed by atoms with Crippen LogP contribution in [0.2, 0.25) is 5.15 Å². The third kappa shape index (κ3) is 2.04. The maximum absolute atomic E-state index is 5.84. The largest absolute Gasteiger partial charge is 0.393 e. The number of halogens is 1. The van der Waals surface area contributed by atoms with Gasteiger partial charge in [-0.2, -0.15) is 0 Å². The van der Waals surface area contributed by atoms with Crippen LogP contribution in [0.5, 0.6) is 0 Å². The van der Waals surface area contributed by atoms with E-state index in [-0.39, 0.29) is 0 Å². The van der Waals surface area contributed by atoms with E-state index in [0.29, 0.717) is 10.8 Å². The van der Waals surface area contributed by atoms with Crippen LogP contribution in [-0.4, -0.2) is 23.1 Å². The molecule has 2 heterocycles. The summed E-state index contributed by atoms with van der Waals surface area (Å²) in [4.78, 5) is 10.1. The molecule has 80 valence electrons. The van der Waals surface area contributed by atoms with Gasteiger partial charge in [0.15, 0.2) is 11.0 Å². The summed E-state index contributed by atoms with van der Waals surface area (Å²) in [5.41, 5.74) is 7.70. The molecule has 0 bridgehead atoms. The number of hydrogen-bond donors (Lipinski definition) is 1. The van der Waals surface area contributed by atoms with Gasteiger partial charge in [-0.05, 0) is 13.3 Å². The SMILES string of the molecule is CC1=CCN(c2ncnc(Cl)c2N)CC1. The fourth-order valence-electron chi connectivity index (χ4n) is 1.58. The van der Waals surface area contributed by atoms with E-state index in [1.807, 2.05) is 0 Å². The maximum Gasteiger partial charge on any atom is 0.157 e. The Balaban J connectivity index is 2.27. The predicted molar refractivity (Wildman–Crippen MR) is 62.0 cm³/mol. The zero-order valence-corrected chi connectivity index (χ0v) is 9.33. The summed E-state index contributed by atoms with van der Waals surface area (Å²) >= 11 is 5.84. The van der Waals surface area contributed by atoms with Crippen molar-refractivity contribution in [3.05, 3.63) is 23.1 Å². The van der Waals surface area contributed by atoms with Gasteiger partial charge in [-0.25, -0.2) is 9.97 Å². The monoisotopic (exact) mass is 224 g/mol. The number of nitrogen functional groups attached to an aromatic ring is 1. The molecule has 2 N–H and O–H groups in total. The molecule has 5 heteroatoms. The molecule has 0 radical (unpaired) electrons. The van der Waals surface area contributed by atoms with Crippen LogP contribution in [0.25, 0.3) is 0 Å². The summed E-state index contributed by atoms with van der Waals surface area (Å²) in [6, 6.07) is 0. The highest BCUT2D eigenvalue weighted by molar-refractivity contribution is 6.32. The number of hydrogen-bond acceptors (Lipinski definition) is 4.